The highest BCUT2D eigenvalue weighted by Crippen LogP contribution is 2.27. The third-order valence-corrected chi connectivity index (χ3v) is 4.13. The Labute approximate surface area is 134 Å². The van der Waals surface area contributed by atoms with E-state index < -0.39 is 0 Å². The van der Waals surface area contributed by atoms with E-state index in [4.69, 9.17) is 4.42 Å². The van der Waals surface area contributed by atoms with Crippen LogP contribution >= 0.6 is 0 Å². The van der Waals surface area contributed by atoms with Crippen LogP contribution in [0.15, 0.2) is 47.1 Å². The molecule has 1 aromatic carbocycles. The van der Waals surface area contributed by atoms with E-state index in [1.54, 1.807) is 6.26 Å². The van der Waals surface area contributed by atoms with Gasteiger partial charge in [0.15, 0.2) is 0 Å². The molecule has 0 spiro atoms. The zero-order valence-corrected chi connectivity index (χ0v) is 14.2. The summed E-state index contributed by atoms with van der Waals surface area (Å²) in [5.41, 5.74) is 2.56. The molecule has 0 amide bonds. The zero-order chi connectivity index (χ0) is 15.9. The van der Waals surface area contributed by atoms with Crippen LogP contribution in [0.4, 0.5) is 5.69 Å². The lowest BCUT2D eigenvalue weighted by molar-refractivity contribution is 0.372. The van der Waals surface area contributed by atoms with Gasteiger partial charge in [-0.3, -0.25) is 0 Å². The van der Waals surface area contributed by atoms with Crippen LogP contribution in [0.5, 0.6) is 0 Å². The first kappa shape index (κ1) is 16.6. The van der Waals surface area contributed by atoms with Crippen molar-refractivity contribution in [1.82, 2.24) is 5.32 Å². The normalized spacial score (nSPS) is 12.6. The topological polar surface area (TPSA) is 28.4 Å². The predicted molar refractivity (Wildman–Crippen MR) is 93.4 cm³/mol. The summed E-state index contributed by atoms with van der Waals surface area (Å²) >= 11 is 0. The Balaban J connectivity index is 1.78. The van der Waals surface area contributed by atoms with Crippen LogP contribution in [0.25, 0.3) is 0 Å². The quantitative estimate of drug-likeness (QED) is 0.738. The number of anilines is 1. The third-order valence-electron chi connectivity index (χ3n) is 4.13. The molecule has 0 aliphatic heterocycles. The van der Waals surface area contributed by atoms with Crippen LogP contribution in [-0.4, -0.2) is 20.6 Å². The van der Waals surface area contributed by atoms with E-state index in [1.165, 1.54) is 11.3 Å². The Bertz CT molecular complexity index is 529. The Morgan fingerprint density at radius 2 is 1.82 bits per heavy atom. The van der Waals surface area contributed by atoms with Crippen LogP contribution in [0.3, 0.4) is 0 Å². The summed E-state index contributed by atoms with van der Waals surface area (Å²) in [5, 5.41) is 3.54. The van der Waals surface area contributed by atoms with E-state index in [9.17, 15) is 0 Å². The molecule has 2 rings (SSSR count). The SMILES string of the molecule is CC(C)C(CCNCc1ccc(N(C)C)cc1)c1ccco1. The number of benzene rings is 1. The number of hydrogen-bond acceptors (Lipinski definition) is 3. The van der Waals surface area contributed by atoms with Gasteiger partial charge in [-0.2, -0.15) is 0 Å². The van der Waals surface area contributed by atoms with Gasteiger partial charge in [-0.25, -0.2) is 0 Å². The van der Waals surface area contributed by atoms with Gasteiger partial charge in [0.05, 0.1) is 6.26 Å². The van der Waals surface area contributed by atoms with Gasteiger partial charge in [0.2, 0.25) is 0 Å². The van der Waals surface area contributed by atoms with Gasteiger partial charge < -0.3 is 14.6 Å². The summed E-state index contributed by atoms with van der Waals surface area (Å²) in [5.74, 6) is 2.18. The largest absolute Gasteiger partial charge is 0.469 e. The average Bonchev–Trinajstić information content (AvgIpc) is 3.01. The molecule has 1 aromatic heterocycles. The first-order chi connectivity index (χ1) is 10.6. The van der Waals surface area contributed by atoms with Crippen LogP contribution in [0, 0.1) is 5.92 Å². The molecule has 2 aromatic rings. The molecule has 1 N–H and O–H groups in total. The second kappa shape index (κ2) is 8.04. The number of hydrogen-bond donors (Lipinski definition) is 1. The fraction of sp³-hybridized carbons (Fsp3) is 0.474. The summed E-state index contributed by atoms with van der Waals surface area (Å²) in [6.07, 6.45) is 2.87. The van der Waals surface area contributed by atoms with Crippen LogP contribution < -0.4 is 10.2 Å². The van der Waals surface area contributed by atoms with Gasteiger partial charge in [-0.1, -0.05) is 26.0 Å². The molecule has 3 nitrogen and oxygen atoms in total. The lowest BCUT2D eigenvalue weighted by Gasteiger charge is -2.19. The second-order valence-electron chi connectivity index (χ2n) is 6.39. The Hall–Kier alpha value is -1.74. The molecule has 0 bridgehead atoms. The summed E-state index contributed by atoms with van der Waals surface area (Å²) < 4.78 is 5.58. The van der Waals surface area contributed by atoms with Gasteiger partial charge in [0.25, 0.3) is 0 Å². The monoisotopic (exact) mass is 300 g/mol. The van der Waals surface area contributed by atoms with Crippen molar-refractivity contribution < 1.29 is 4.42 Å². The van der Waals surface area contributed by atoms with Crippen molar-refractivity contribution in [3.8, 4) is 0 Å². The highest BCUT2D eigenvalue weighted by atomic mass is 16.3. The van der Waals surface area contributed by atoms with E-state index in [0.29, 0.717) is 11.8 Å². The molecule has 1 heterocycles. The van der Waals surface area contributed by atoms with E-state index in [1.807, 2.05) is 6.07 Å². The van der Waals surface area contributed by atoms with Crippen molar-refractivity contribution in [2.75, 3.05) is 25.5 Å². The zero-order valence-electron chi connectivity index (χ0n) is 14.2. The third kappa shape index (κ3) is 4.63. The van der Waals surface area contributed by atoms with E-state index in [2.05, 4.69) is 68.5 Å². The van der Waals surface area contributed by atoms with Gasteiger partial charge in [-0.05, 0) is 48.7 Å². The number of rotatable bonds is 8. The van der Waals surface area contributed by atoms with Gasteiger partial charge >= 0.3 is 0 Å². The Morgan fingerprint density at radius 1 is 1.09 bits per heavy atom. The van der Waals surface area contributed by atoms with Crippen molar-refractivity contribution in [2.45, 2.75) is 32.7 Å². The Morgan fingerprint density at radius 3 is 2.36 bits per heavy atom. The highest BCUT2D eigenvalue weighted by molar-refractivity contribution is 5.45. The summed E-state index contributed by atoms with van der Waals surface area (Å²) in [6, 6.07) is 12.8. The first-order valence-corrected chi connectivity index (χ1v) is 8.08. The fourth-order valence-corrected chi connectivity index (χ4v) is 2.71. The molecule has 0 fully saturated rings. The van der Waals surface area contributed by atoms with Crippen molar-refractivity contribution >= 4 is 5.69 Å². The molecule has 0 aliphatic carbocycles. The summed E-state index contributed by atoms with van der Waals surface area (Å²) in [6.45, 7) is 6.43. The van der Waals surface area contributed by atoms with Crippen molar-refractivity contribution in [1.29, 1.82) is 0 Å². The minimum Gasteiger partial charge on any atom is -0.469 e. The standard InChI is InChI=1S/C19H28N2O/c1-15(2)18(19-6-5-13-22-19)11-12-20-14-16-7-9-17(10-8-16)21(3)4/h5-10,13,15,18,20H,11-12,14H2,1-4H3. The maximum Gasteiger partial charge on any atom is 0.107 e. The lowest BCUT2D eigenvalue weighted by atomic mass is 9.90. The van der Waals surface area contributed by atoms with E-state index >= 15 is 0 Å². The van der Waals surface area contributed by atoms with E-state index in [0.717, 1.165) is 25.3 Å². The van der Waals surface area contributed by atoms with Crippen molar-refractivity contribution in [2.24, 2.45) is 5.92 Å². The molecular weight excluding hydrogens is 272 g/mol. The minimum atomic E-state index is 0.485. The predicted octanol–water partition coefficient (Wildman–Crippen LogP) is 4.27. The average molecular weight is 300 g/mol. The fourth-order valence-electron chi connectivity index (χ4n) is 2.71. The summed E-state index contributed by atoms with van der Waals surface area (Å²) in [4.78, 5) is 2.12. The molecule has 0 saturated heterocycles. The van der Waals surface area contributed by atoms with Gasteiger partial charge in [-0.15, -0.1) is 0 Å². The van der Waals surface area contributed by atoms with Crippen molar-refractivity contribution in [3.63, 3.8) is 0 Å². The van der Waals surface area contributed by atoms with Crippen LogP contribution in [0.2, 0.25) is 0 Å². The number of nitrogens with zero attached hydrogens (tertiary/aromatic N) is 1. The van der Waals surface area contributed by atoms with E-state index in [-0.39, 0.29) is 0 Å². The smallest absolute Gasteiger partial charge is 0.107 e. The summed E-state index contributed by atoms with van der Waals surface area (Å²) in [7, 11) is 4.13. The lowest BCUT2D eigenvalue weighted by Crippen LogP contribution is -2.19. The molecule has 22 heavy (non-hydrogen) atoms. The minimum absolute atomic E-state index is 0.485. The molecule has 0 aliphatic rings. The molecule has 120 valence electrons. The van der Waals surface area contributed by atoms with Gasteiger partial charge in [0, 0.05) is 32.2 Å². The maximum absolute atomic E-state index is 5.58. The van der Waals surface area contributed by atoms with Gasteiger partial charge in [0.1, 0.15) is 5.76 Å². The molecular formula is C19H28N2O. The second-order valence-corrected chi connectivity index (χ2v) is 6.39. The first-order valence-electron chi connectivity index (χ1n) is 8.08. The maximum atomic E-state index is 5.58. The molecule has 0 saturated carbocycles. The molecule has 0 radical (unpaired) electrons. The van der Waals surface area contributed by atoms with Crippen LogP contribution in [-0.2, 0) is 6.54 Å². The number of nitrogens with one attached hydrogen (secondary N) is 1. The molecule has 3 heteroatoms. The van der Waals surface area contributed by atoms with Crippen LogP contribution in [0.1, 0.15) is 37.5 Å². The highest BCUT2D eigenvalue weighted by Gasteiger charge is 2.17. The Kier molecular flexibility index (Phi) is 6.08. The van der Waals surface area contributed by atoms with Crippen molar-refractivity contribution in [3.05, 3.63) is 54.0 Å². The number of furan rings is 1. The molecule has 1 atom stereocenters. The molecule has 1 unspecified atom stereocenters.